The number of rotatable bonds is 10. The molecule has 5 nitrogen and oxygen atoms in total. The van der Waals surface area contributed by atoms with E-state index in [1.807, 2.05) is 35.2 Å². The zero-order chi connectivity index (χ0) is 28.5. The van der Waals surface area contributed by atoms with Crippen molar-refractivity contribution >= 4 is 36.0 Å². The molecule has 2 aromatic rings. The van der Waals surface area contributed by atoms with Gasteiger partial charge < -0.3 is 15.1 Å². The summed E-state index contributed by atoms with van der Waals surface area (Å²) >= 11 is 0. The quantitative estimate of drug-likeness (QED) is 0.319. The highest BCUT2D eigenvalue weighted by Crippen LogP contribution is 2.53. The first kappa shape index (κ1) is 30.4. The largest absolute Gasteiger partial charge is 0.353 e. The summed E-state index contributed by atoms with van der Waals surface area (Å²) in [7, 11) is 0. The van der Waals surface area contributed by atoms with E-state index in [-0.39, 0.29) is 29.6 Å². The van der Waals surface area contributed by atoms with Gasteiger partial charge in [-0.3, -0.25) is 9.59 Å². The third kappa shape index (κ3) is 6.44. The van der Waals surface area contributed by atoms with Crippen LogP contribution in [-0.2, 0) is 15.0 Å². The number of benzene rings is 2. The predicted molar refractivity (Wildman–Crippen MR) is 176 cm³/mol. The van der Waals surface area contributed by atoms with Gasteiger partial charge in [0.05, 0.1) is 0 Å². The Morgan fingerprint density at radius 2 is 1.51 bits per heavy atom. The zero-order valence-electron chi connectivity index (χ0n) is 25.5. The summed E-state index contributed by atoms with van der Waals surface area (Å²) in [6.07, 6.45) is 16.2. The molecule has 2 amide bonds. The first-order valence-electron chi connectivity index (χ1n) is 16.7. The zero-order valence-corrected chi connectivity index (χ0v) is 26.3. The number of likely N-dealkylation sites (tertiary alicyclic amines) is 1. The molecule has 0 unspecified atom stereocenters. The first-order chi connectivity index (χ1) is 20.6. The van der Waals surface area contributed by atoms with Gasteiger partial charge in [-0.2, -0.15) is 0 Å². The van der Waals surface area contributed by atoms with Gasteiger partial charge in [-0.25, -0.2) is 0 Å². The maximum Gasteiger partial charge on any atom is 0.226 e. The smallest absolute Gasteiger partial charge is 0.226 e. The number of carbonyl (C=O) groups excluding carboxylic acids is 2. The molecule has 4 saturated carbocycles. The molecule has 0 aromatic heterocycles. The van der Waals surface area contributed by atoms with Gasteiger partial charge in [-0.05, 0) is 124 Å². The number of piperidine rings is 1. The molecule has 4 bridgehead atoms. The Hall–Kier alpha value is -2.63. The van der Waals surface area contributed by atoms with E-state index in [2.05, 4.69) is 46.6 Å². The molecular weight excluding hydrogens is 554 g/mol. The van der Waals surface area contributed by atoms with Crippen molar-refractivity contribution in [3.05, 3.63) is 71.8 Å². The van der Waals surface area contributed by atoms with E-state index < -0.39 is 0 Å². The molecule has 1 saturated heterocycles. The Morgan fingerprint density at radius 3 is 2.23 bits per heavy atom. The maximum atomic E-state index is 13.5. The minimum atomic E-state index is 0. The molecule has 6 aliphatic rings. The number of nitrogens with zero attached hydrogens (tertiary/aromatic N) is 2. The number of nitrogens with one attached hydrogen (secondary N) is 1. The highest BCUT2D eigenvalue weighted by atomic mass is 35.5. The van der Waals surface area contributed by atoms with Crippen LogP contribution in [0.2, 0.25) is 0 Å². The molecule has 1 heterocycles. The van der Waals surface area contributed by atoms with Crippen molar-refractivity contribution in [3.8, 4) is 0 Å². The molecule has 230 valence electrons. The van der Waals surface area contributed by atoms with Crippen LogP contribution in [0.1, 0.15) is 81.8 Å². The van der Waals surface area contributed by atoms with E-state index in [0.717, 1.165) is 56.4 Å². The van der Waals surface area contributed by atoms with E-state index in [9.17, 15) is 9.59 Å². The molecular formula is C37H48ClN3O2. The molecule has 0 atom stereocenters. The summed E-state index contributed by atoms with van der Waals surface area (Å²) < 4.78 is 0. The van der Waals surface area contributed by atoms with Gasteiger partial charge in [-0.15, -0.1) is 12.4 Å². The lowest BCUT2D eigenvalue weighted by molar-refractivity contribution is -0.125. The van der Waals surface area contributed by atoms with E-state index in [4.69, 9.17) is 0 Å². The third-order valence-corrected chi connectivity index (χ3v) is 11.4. The number of fused-ring (bicyclic) bond motifs is 2. The molecule has 1 spiro atoms. The fourth-order valence-corrected chi connectivity index (χ4v) is 9.46. The summed E-state index contributed by atoms with van der Waals surface area (Å²) in [6, 6.07) is 19.3. The molecule has 8 rings (SSSR count). The van der Waals surface area contributed by atoms with Crippen molar-refractivity contribution in [3.63, 3.8) is 0 Å². The number of halogens is 1. The van der Waals surface area contributed by atoms with Crippen molar-refractivity contribution in [2.24, 2.45) is 23.7 Å². The Kier molecular flexibility index (Phi) is 9.30. The summed E-state index contributed by atoms with van der Waals surface area (Å²) in [5.74, 6) is 3.49. The molecule has 0 radical (unpaired) electrons. The van der Waals surface area contributed by atoms with Crippen LogP contribution in [0.3, 0.4) is 0 Å². The van der Waals surface area contributed by atoms with Gasteiger partial charge in [-0.1, -0.05) is 54.6 Å². The van der Waals surface area contributed by atoms with Crippen molar-refractivity contribution in [2.75, 3.05) is 31.1 Å². The van der Waals surface area contributed by atoms with Crippen LogP contribution in [0.15, 0.2) is 60.7 Å². The van der Waals surface area contributed by atoms with E-state index in [1.165, 1.54) is 43.2 Å². The van der Waals surface area contributed by atoms with Crippen LogP contribution in [0.4, 0.5) is 5.69 Å². The lowest BCUT2D eigenvalue weighted by Gasteiger charge is -2.54. The number of anilines is 1. The maximum absolute atomic E-state index is 13.5. The lowest BCUT2D eigenvalue weighted by Crippen LogP contribution is -2.55. The number of hydrogen-bond acceptors (Lipinski definition) is 3. The summed E-state index contributed by atoms with van der Waals surface area (Å²) in [5, 5.41) is 3.42. The van der Waals surface area contributed by atoms with Gasteiger partial charge in [0, 0.05) is 36.5 Å². The second-order valence-electron chi connectivity index (χ2n) is 14.0. The van der Waals surface area contributed by atoms with Crippen LogP contribution in [0, 0.1) is 23.7 Å². The van der Waals surface area contributed by atoms with Crippen molar-refractivity contribution in [1.29, 1.82) is 0 Å². The molecule has 6 heteroatoms. The minimum Gasteiger partial charge on any atom is -0.353 e. The van der Waals surface area contributed by atoms with Crippen LogP contribution in [0.25, 0.3) is 6.08 Å². The normalized spacial score (nSPS) is 28.0. The Labute approximate surface area is 263 Å². The number of carbonyl (C=O) groups is 2. The average molecular weight is 602 g/mol. The van der Waals surface area contributed by atoms with Crippen LogP contribution in [-0.4, -0.2) is 48.9 Å². The van der Waals surface area contributed by atoms with Crippen molar-refractivity contribution in [2.45, 2.75) is 82.1 Å². The van der Waals surface area contributed by atoms with Gasteiger partial charge in [0.25, 0.3) is 0 Å². The van der Waals surface area contributed by atoms with E-state index in [0.29, 0.717) is 43.7 Å². The Morgan fingerprint density at radius 1 is 0.837 bits per heavy atom. The third-order valence-electron chi connectivity index (χ3n) is 11.4. The number of amides is 2. The minimum absolute atomic E-state index is 0. The lowest BCUT2D eigenvalue weighted by atomic mass is 9.54. The van der Waals surface area contributed by atoms with Crippen molar-refractivity contribution < 1.29 is 9.59 Å². The highest BCUT2D eigenvalue weighted by Gasteiger charge is 2.48. The first-order valence-corrected chi connectivity index (χ1v) is 16.7. The number of para-hydroxylation sites is 1. The molecule has 5 aliphatic carbocycles. The summed E-state index contributed by atoms with van der Waals surface area (Å²) in [5.41, 5.74) is 4.05. The van der Waals surface area contributed by atoms with Crippen LogP contribution >= 0.6 is 12.4 Å². The van der Waals surface area contributed by atoms with Gasteiger partial charge in [0.15, 0.2) is 0 Å². The summed E-state index contributed by atoms with van der Waals surface area (Å²) in [4.78, 5) is 30.9. The topological polar surface area (TPSA) is 52.7 Å². The van der Waals surface area contributed by atoms with Gasteiger partial charge in [0.2, 0.25) is 11.8 Å². The molecule has 1 N–H and O–H groups in total. The Bertz CT molecular complexity index is 1270. The van der Waals surface area contributed by atoms with Crippen molar-refractivity contribution in [1.82, 2.24) is 10.2 Å². The number of hydrogen-bond donors (Lipinski definition) is 1. The second kappa shape index (κ2) is 13.2. The van der Waals surface area contributed by atoms with Crippen LogP contribution < -0.4 is 10.2 Å². The Balaban J connectivity index is 0.00000329. The molecule has 5 fully saturated rings. The molecule has 1 aliphatic heterocycles. The van der Waals surface area contributed by atoms with E-state index in [1.54, 1.807) is 0 Å². The standard InChI is InChI=1S/C37H47N3O2.ClH/c41-34(38-36-30-23-27-22-28(25-30)26-31(36)24-27)12-6-13-35(42)40(32-9-2-1-3-10-32)19-7-18-39-20-16-37(17-21-39)15-14-29-8-4-5-11-33(29)37;/h1-5,8-11,14-15,27-28,30-31,36H,6-7,12-13,16-26H2,(H,38,41);1H. The predicted octanol–water partition coefficient (Wildman–Crippen LogP) is 7.00. The second-order valence-corrected chi connectivity index (χ2v) is 14.0. The monoisotopic (exact) mass is 601 g/mol. The average Bonchev–Trinajstić information content (AvgIpc) is 3.36. The van der Waals surface area contributed by atoms with E-state index >= 15 is 0 Å². The van der Waals surface area contributed by atoms with Crippen LogP contribution in [0.5, 0.6) is 0 Å². The SMILES string of the molecule is Cl.O=C(CCCC(=O)N(CCCN1CCC2(C=Cc3ccccc32)CC1)c1ccccc1)NC1C2CC3CC(C2)CC1C3. The number of allylic oxidation sites excluding steroid dienone is 1. The molecule has 43 heavy (non-hydrogen) atoms. The summed E-state index contributed by atoms with van der Waals surface area (Å²) in [6.45, 7) is 3.91. The fourth-order valence-electron chi connectivity index (χ4n) is 9.46. The molecule has 2 aromatic carbocycles. The highest BCUT2D eigenvalue weighted by molar-refractivity contribution is 5.93. The fraction of sp³-hybridized carbons (Fsp3) is 0.568. The van der Waals surface area contributed by atoms with Gasteiger partial charge in [0.1, 0.15) is 0 Å². The van der Waals surface area contributed by atoms with Gasteiger partial charge >= 0.3 is 0 Å².